The standard InChI is InChI=1S/C47H58O12S5/c1-7-39(8-2)57-26-11-9-10-12-27-58-46-25-15-38(33-44(46)35(3)61-29-31-63(51,52)53)47(4,5)37-14-24-45(36(32-37)34-60-28-13-30-62(48,49)50)59-41-18-22-43(23-19-41)64(54,55)42-20-16-40(56-6)17-21-42/h7-8,14-25,32-33H,1,3,9-13,26-31,34H2,2,4-6H3,(H,48,49,50)(H,51,52,53)/b39-8+. The van der Waals surface area contributed by atoms with Gasteiger partial charge in [0.15, 0.2) is 0 Å². The zero-order valence-corrected chi connectivity index (χ0v) is 40.7. The zero-order chi connectivity index (χ0) is 47.0. The topological polar surface area (TPSA) is 180 Å². The second kappa shape index (κ2) is 24.3. The SMILES string of the molecule is C=C/C(=C\C)OCCCCCCOc1ccc(C(C)(C)c2ccc(Oc3ccc(S(=O)(=O)c4ccc(OC)cc4)cc3)c(CSCCCS(=O)(=O)O)c2)cc1C(=C)SCCS(=O)(=O)O. The van der Waals surface area contributed by atoms with Crippen LogP contribution >= 0.6 is 23.5 Å². The van der Waals surface area contributed by atoms with Gasteiger partial charge in [-0.3, -0.25) is 9.11 Å². The summed E-state index contributed by atoms with van der Waals surface area (Å²) < 4.78 is 114. The first-order chi connectivity index (χ1) is 30.3. The molecule has 4 aromatic carbocycles. The van der Waals surface area contributed by atoms with Crippen LogP contribution in [0.1, 0.15) is 75.1 Å². The summed E-state index contributed by atoms with van der Waals surface area (Å²) in [7, 11) is -10.6. The van der Waals surface area contributed by atoms with E-state index in [1.165, 1.54) is 54.9 Å². The van der Waals surface area contributed by atoms with Crippen molar-refractivity contribution in [3.05, 3.63) is 138 Å². The van der Waals surface area contributed by atoms with Gasteiger partial charge in [0.05, 0.1) is 41.6 Å². The average Bonchev–Trinajstić information content (AvgIpc) is 3.25. The van der Waals surface area contributed by atoms with Crippen LogP contribution in [-0.2, 0) is 46.0 Å². The van der Waals surface area contributed by atoms with Gasteiger partial charge < -0.3 is 18.9 Å². The van der Waals surface area contributed by atoms with Crippen LogP contribution in [0.4, 0.5) is 0 Å². The van der Waals surface area contributed by atoms with E-state index in [4.69, 9.17) is 18.9 Å². The van der Waals surface area contributed by atoms with E-state index in [1.54, 1.807) is 30.3 Å². The summed E-state index contributed by atoms with van der Waals surface area (Å²) >= 11 is 2.70. The fraction of sp³-hybridized carbons (Fsp3) is 0.362. The molecule has 2 N–H and O–H groups in total. The van der Waals surface area contributed by atoms with Crippen LogP contribution in [0, 0.1) is 0 Å². The van der Waals surface area contributed by atoms with Gasteiger partial charge in [-0.1, -0.05) is 45.2 Å². The molecule has 0 aliphatic carbocycles. The van der Waals surface area contributed by atoms with Crippen molar-refractivity contribution in [2.24, 2.45) is 0 Å². The number of unbranched alkanes of at least 4 members (excludes halogenated alkanes) is 3. The average molecular weight is 975 g/mol. The first-order valence-electron chi connectivity index (χ1n) is 20.6. The summed E-state index contributed by atoms with van der Waals surface area (Å²) in [6.45, 7) is 15.1. The Morgan fingerprint density at radius 1 is 0.719 bits per heavy atom. The van der Waals surface area contributed by atoms with E-state index >= 15 is 0 Å². The molecule has 0 heterocycles. The van der Waals surface area contributed by atoms with E-state index in [0.29, 0.717) is 58.2 Å². The Hall–Kier alpha value is -4.23. The summed E-state index contributed by atoms with van der Waals surface area (Å²) in [5.41, 5.74) is 2.75. The molecule has 12 nitrogen and oxygen atoms in total. The van der Waals surface area contributed by atoms with Gasteiger partial charge in [-0.15, -0.1) is 11.8 Å². The number of hydrogen-bond donors (Lipinski definition) is 2. The van der Waals surface area contributed by atoms with Crippen LogP contribution < -0.4 is 14.2 Å². The number of ether oxygens (including phenoxy) is 4. The van der Waals surface area contributed by atoms with Gasteiger partial charge in [-0.2, -0.15) is 28.6 Å². The molecule has 348 valence electrons. The lowest BCUT2D eigenvalue weighted by atomic mass is 9.77. The molecule has 0 aromatic heterocycles. The second-order valence-electron chi connectivity index (χ2n) is 15.2. The highest BCUT2D eigenvalue weighted by molar-refractivity contribution is 8.08. The molecule has 0 spiro atoms. The third kappa shape index (κ3) is 16.3. The van der Waals surface area contributed by atoms with E-state index in [1.807, 2.05) is 49.4 Å². The normalized spacial score (nSPS) is 12.4. The minimum Gasteiger partial charge on any atom is -0.497 e. The van der Waals surface area contributed by atoms with E-state index in [9.17, 15) is 34.4 Å². The van der Waals surface area contributed by atoms with Crippen LogP contribution in [0.2, 0.25) is 0 Å². The minimum atomic E-state index is -4.17. The first-order valence-corrected chi connectivity index (χ1v) is 27.4. The molecule has 0 unspecified atom stereocenters. The summed E-state index contributed by atoms with van der Waals surface area (Å²) in [4.78, 5) is 0.806. The van der Waals surface area contributed by atoms with Gasteiger partial charge in [0.25, 0.3) is 20.2 Å². The van der Waals surface area contributed by atoms with Crippen molar-refractivity contribution in [2.75, 3.05) is 43.3 Å². The number of benzene rings is 4. The number of thioether (sulfide) groups is 2. The monoisotopic (exact) mass is 974 g/mol. The van der Waals surface area contributed by atoms with E-state index in [0.717, 1.165) is 48.1 Å². The molecule has 0 bridgehead atoms. The van der Waals surface area contributed by atoms with Gasteiger partial charge in [-0.05, 0) is 135 Å². The van der Waals surface area contributed by atoms with E-state index in [-0.39, 0.29) is 27.7 Å². The number of hydrogen-bond acceptors (Lipinski definition) is 12. The fourth-order valence-electron chi connectivity index (χ4n) is 6.38. The second-order valence-corrected chi connectivity index (χ2v) is 22.6. The number of rotatable bonds is 28. The predicted octanol–water partition coefficient (Wildman–Crippen LogP) is 10.8. The Morgan fingerprint density at radius 3 is 1.88 bits per heavy atom. The molecular formula is C47H58O12S5. The summed E-state index contributed by atoms with van der Waals surface area (Å²) in [6.07, 6.45) is 7.42. The van der Waals surface area contributed by atoms with Crippen LogP contribution in [-0.4, -0.2) is 77.7 Å². The van der Waals surface area contributed by atoms with Crippen molar-refractivity contribution in [1.29, 1.82) is 0 Å². The molecule has 4 rings (SSSR count). The lowest BCUT2D eigenvalue weighted by Gasteiger charge is -2.28. The first kappa shape index (κ1) is 52.4. The van der Waals surface area contributed by atoms with E-state index < -0.39 is 41.2 Å². The number of sulfone groups is 1. The lowest BCUT2D eigenvalue weighted by molar-refractivity contribution is 0.215. The van der Waals surface area contributed by atoms with Crippen molar-refractivity contribution in [3.63, 3.8) is 0 Å². The maximum absolute atomic E-state index is 13.3. The lowest BCUT2D eigenvalue weighted by Crippen LogP contribution is -2.19. The van der Waals surface area contributed by atoms with Crippen LogP contribution in [0.25, 0.3) is 4.91 Å². The molecule has 0 atom stereocenters. The molecule has 4 aromatic rings. The Labute approximate surface area is 388 Å². The highest BCUT2D eigenvalue weighted by Gasteiger charge is 2.27. The molecule has 17 heteroatoms. The molecule has 64 heavy (non-hydrogen) atoms. The highest BCUT2D eigenvalue weighted by Crippen LogP contribution is 2.41. The number of allylic oxidation sites excluding steroid dienone is 2. The molecular weight excluding hydrogens is 917 g/mol. The van der Waals surface area contributed by atoms with Crippen LogP contribution in [0.5, 0.6) is 23.0 Å². The molecule has 0 aliphatic rings. The Kier molecular flexibility index (Phi) is 19.9. The van der Waals surface area contributed by atoms with Gasteiger partial charge in [-0.25, -0.2) is 8.42 Å². The summed E-state index contributed by atoms with van der Waals surface area (Å²) in [5.74, 6) is 3.03. The smallest absolute Gasteiger partial charge is 0.265 e. The summed E-state index contributed by atoms with van der Waals surface area (Å²) in [6, 6.07) is 24.0. The largest absolute Gasteiger partial charge is 0.497 e. The van der Waals surface area contributed by atoms with Crippen molar-refractivity contribution < 1.29 is 53.3 Å². The van der Waals surface area contributed by atoms with Gasteiger partial charge in [0.2, 0.25) is 9.84 Å². The third-order valence-corrected chi connectivity index (χ3v) is 15.8. The number of methoxy groups -OCH3 is 1. The molecule has 0 saturated heterocycles. The molecule has 0 amide bonds. The molecule has 0 aliphatic heterocycles. The van der Waals surface area contributed by atoms with Crippen LogP contribution in [0.3, 0.4) is 0 Å². The van der Waals surface area contributed by atoms with Gasteiger partial charge in [0, 0.05) is 33.0 Å². The maximum Gasteiger partial charge on any atom is 0.265 e. The Morgan fingerprint density at radius 2 is 1.30 bits per heavy atom. The summed E-state index contributed by atoms with van der Waals surface area (Å²) in [5, 5.41) is 0. The Bertz CT molecular complexity index is 2550. The Balaban J connectivity index is 1.59. The molecule has 0 saturated carbocycles. The zero-order valence-electron chi connectivity index (χ0n) is 36.7. The van der Waals surface area contributed by atoms with Crippen molar-refractivity contribution in [2.45, 2.75) is 73.8 Å². The van der Waals surface area contributed by atoms with Gasteiger partial charge in [0.1, 0.15) is 28.8 Å². The molecule has 0 radical (unpaired) electrons. The van der Waals surface area contributed by atoms with Crippen molar-refractivity contribution in [3.8, 4) is 23.0 Å². The fourth-order valence-corrected chi connectivity index (χ4v) is 11.0. The van der Waals surface area contributed by atoms with Crippen molar-refractivity contribution >= 4 is 58.5 Å². The predicted molar refractivity (Wildman–Crippen MR) is 259 cm³/mol. The highest BCUT2D eigenvalue weighted by atomic mass is 32.2. The molecule has 0 fully saturated rings. The third-order valence-electron chi connectivity index (χ3n) is 10.1. The van der Waals surface area contributed by atoms with Crippen LogP contribution in [0.15, 0.2) is 126 Å². The quantitative estimate of drug-likeness (QED) is 0.0237. The maximum atomic E-state index is 13.3. The van der Waals surface area contributed by atoms with Gasteiger partial charge >= 0.3 is 0 Å². The minimum absolute atomic E-state index is 0.0940. The van der Waals surface area contributed by atoms with E-state index in [2.05, 4.69) is 27.0 Å². The van der Waals surface area contributed by atoms with Crippen molar-refractivity contribution in [1.82, 2.24) is 0 Å².